The molecule has 1 heterocycles. The molecule has 0 aromatic carbocycles. The van der Waals surface area contributed by atoms with Crippen molar-refractivity contribution in [3.63, 3.8) is 0 Å². The lowest BCUT2D eigenvalue weighted by molar-refractivity contribution is -0.142. The maximum absolute atomic E-state index is 12.6. The number of H-pyrrole nitrogens is 1. The van der Waals surface area contributed by atoms with Crippen molar-refractivity contribution in [3.8, 4) is 0 Å². The summed E-state index contributed by atoms with van der Waals surface area (Å²) in [6, 6.07) is -2.13. The number of carboxylic acids is 1. The summed E-state index contributed by atoms with van der Waals surface area (Å²) in [5, 5.41) is 16.6. The second kappa shape index (κ2) is 10.9. The van der Waals surface area contributed by atoms with Gasteiger partial charge in [-0.2, -0.15) is 0 Å². The first-order valence-corrected chi connectivity index (χ1v) is 8.55. The van der Waals surface area contributed by atoms with Crippen LogP contribution in [0.1, 0.15) is 26.0 Å². The molecule has 7 N–H and O–H groups in total. The molecule has 3 atom stereocenters. The van der Waals surface area contributed by atoms with Crippen LogP contribution < -0.4 is 21.7 Å². The molecule has 3 amide bonds. The molecule has 0 saturated carbocycles. The fourth-order valence-corrected chi connectivity index (χ4v) is 2.26. The number of aromatic nitrogens is 2. The van der Waals surface area contributed by atoms with E-state index < -0.39 is 35.8 Å². The van der Waals surface area contributed by atoms with Gasteiger partial charge in [-0.05, 0) is 5.92 Å². The lowest BCUT2D eigenvalue weighted by Crippen LogP contribution is -2.55. The van der Waals surface area contributed by atoms with Crippen molar-refractivity contribution in [3.05, 3.63) is 18.2 Å². The Morgan fingerprint density at radius 2 is 1.96 bits per heavy atom. The molecule has 150 valence electrons. The number of hydrogen-bond acceptors (Lipinski definition) is 6. The van der Waals surface area contributed by atoms with Gasteiger partial charge in [0.2, 0.25) is 17.7 Å². The Kier molecular flexibility index (Phi) is 8.93. The van der Waals surface area contributed by atoms with Gasteiger partial charge in [0.1, 0.15) is 12.1 Å². The molecule has 0 fully saturated rings. The van der Waals surface area contributed by atoms with E-state index in [1.807, 2.05) is 6.92 Å². The number of carboxylic acid groups (broad SMARTS) is 1. The summed E-state index contributed by atoms with van der Waals surface area (Å²) in [5.74, 6) is -3.14. The summed E-state index contributed by atoms with van der Waals surface area (Å²) in [5.41, 5.74) is 5.70. The highest BCUT2D eigenvalue weighted by Gasteiger charge is 2.30. The Morgan fingerprint density at radius 3 is 2.48 bits per heavy atom. The van der Waals surface area contributed by atoms with Gasteiger partial charge in [-0.3, -0.25) is 14.4 Å². The van der Waals surface area contributed by atoms with Gasteiger partial charge in [-0.25, -0.2) is 9.78 Å². The number of aromatic amines is 1. The molecule has 11 heteroatoms. The quantitative estimate of drug-likeness (QED) is 0.259. The molecule has 1 rings (SSSR count). The molecule has 0 aliphatic carbocycles. The topological polar surface area (TPSA) is 179 Å². The van der Waals surface area contributed by atoms with Crippen LogP contribution in [-0.2, 0) is 25.6 Å². The van der Waals surface area contributed by atoms with Crippen LogP contribution in [0.4, 0.5) is 0 Å². The standard InChI is InChI=1S/C16H26N6O5/c1-3-9(2)14(22-13(24)7-19-12(23)5-17)15(25)21-11(16(26)27)4-10-6-18-8-20-10/h6,8-9,11,14H,3-5,7,17H2,1-2H3,(H,18,20)(H,19,23)(H,21,25)(H,22,24)(H,26,27). The van der Waals surface area contributed by atoms with Gasteiger partial charge in [0.15, 0.2) is 0 Å². The Morgan fingerprint density at radius 1 is 1.26 bits per heavy atom. The van der Waals surface area contributed by atoms with Crippen molar-refractivity contribution < 1.29 is 24.3 Å². The van der Waals surface area contributed by atoms with Gasteiger partial charge < -0.3 is 31.8 Å². The fraction of sp³-hybridized carbons (Fsp3) is 0.562. The second-order valence-corrected chi connectivity index (χ2v) is 6.09. The molecule has 11 nitrogen and oxygen atoms in total. The maximum Gasteiger partial charge on any atom is 0.326 e. The van der Waals surface area contributed by atoms with E-state index in [1.54, 1.807) is 6.92 Å². The number of imidazole rings is 1. The molecule has 0 aliphatic rings. The van der Waals surface area contributed by atoms with E-state index in [2.05, 4.69) is 25.9 Å². The minimum Gasteiger partial charge on any atom is -0.480 e. The maximum atomic E-state index is 12.6. The summed E-state index contributed by atoms with van der Waals surface area (Å²) >= 11 is 0. The molecule has 1 aromatic rings. The smallest absolute Gasteiger partial charge is 0.326 e. The number of carbonyl (C=O) groups is 4. The lowest BCUT2D eigenvalue weighted by Gasteiger charge is -2.25. The normalized spacial score (nSPS) is 13.9. The van der Waals surface area contributed by atoms with Crippen LogP contribution in [0.5, 0.6) is 0 Å². The Hall–Kier alpha value is -2.95. The van der Waals surface area contributed by atoms with Crippen LogP contribution in [0.3, 0.4) is 0 Å². The van der Waals surface area contributed by atoms with Gasteiger partial charge in [0.25, 0.3) is 0 Å². The molecule has 0 spiro atoms. The van der Waals surface area contributed by atoms with Crippen LogP contribution in [0.25, 0.3) is 0 Å². The van der Waals surface area contributed by atoms with E-state index in [4.69, 9.17) is 5.73 Å². The number of carbonyl (C=O) groups excluding carboxylic acids is 3. The molecular formula is C16H26N6O5. The van der Waals surface area contributed by atoms with Crippen molar-refractivity contribution in [2.75, 3.05) is 13.1 Å². The van der Waals surface area contributed by atoms with Crippen LogP contribution in [0.15, 0.2) is 12.5 Å². The Bertz CT molecular complexity index is 648. The third-order valence-corrected chi connectivity index (χ3v) is 4.04. The first-order chi connectivity index (χ1) is 12.8. The number of hydrogen-bond donors (Lipinski definition) is 6. The van der Waals surface area contributed by atoms with Crippen molar-refractivity contribution in [2.24, 2.45) is 11.7 Å². The molecular weight excluding hydrogens is 356 g/mol. The number of amides is 3. The zero-order valence-electron chi connectivity index (χ0n) is 15.3. The van der Waals surface area contributed by atoms with Gasteiger partial charge in [0.05, 0.1) is 19.4 Å². The molecule has 3 unspecified atom stereocenters. The van der Waals surface area contributed by atoms with Crippen molar-refractivity contribution in [1.82, 2.24) is 25.9 Å². The highest BCUT2D eigenvalue weighted by molar-refractivity contribution is 5.92. The molecule has 0 aliphatic heterocycles. The summed E-state index contributed by atoms with van der Waals surface area (Å²) in [6.45, 7) is 3.02. The summed E-state index contributed by atoms with van der Waals surface area (Å²) < 4.78 is 0. The molecule has 0 saturated heterocycles. The third kappa shape index (κ3) is 7.44. The van der Waals surface area contributed by atoms with Gasteiger partial charge in [0, 0.05) is 18.3 Å². The first kappa shape index (κ1) is 22.1. The largest absolute Gasteiger partial charge is 0.480 e. The van der Waals surface area contributed by atoms with E-state index in [9.17, 15) is 24.3 Å². The molecule has 1 aromatic heterocycles. The Balaban J connectivity index is 2.76. The highest BCUT2D eigenvalue weighted by Crippen LogP contribution is 2.09. The van der Waals surface area contributed by atoms with Crippen LogP contribution >= 0.6 is 0 Å². The molecule has 27 heavy (non-hydrogen) atoms. The summed E-state index contributed by atoms with van der Waals surface area (Å²) in [6.07, 6.45) is 3.48. The van der Waals surface area contributed by atoms with Gasteiger partial charge >= 0.3 is 5.97 Å². The van der Waals surface area contributed by atoms with E-state index in [0.29, 0.717) is 12.1 Å². The van der Waals surface area contributed by atoms with E-state index in [0.717, 1.165) is 0 Å². The second-order valence-electron chi connectivity index (χ2n) is 6.09. The van der Waals surface area contributed by atoms with E-state index in [-0.39, 0.29) is 25.4 Å². The molecule has 0 radical (unpaired) electrons. The van der Waals surface area contributed by atoms with Crippen LogP contribution in [-0.4, -0.2) is 63.9 Å². The predicted octanol–water partition coefficient (Wildman–Crippen LogP) is -1.87. The van der Waals surface area contributed by atoms with Crippen LogP contribution in [0, 0.1) is 5.92 Å². The summed E-state index contributed by atoms with van der Waals surface area (Å²) in [7, 11) is 0. The zero-order chi connectivity index (χ0) is 20.4. The van der Waals surface area contributed by atoms with E-state index in [1.165, 1.54) is 12.5 Å². The first-order valence-electron chi connectivity index (χ1n) is 8.55. The number of nitrogens with one attached hydrogen (secondary N) is 4. The van der Waals surface area contributed by atoms with Crippen molar-refractivity contribution in [1.29, 1.82) is 0 Å². The van der Waals surface area contributed by atoms with Crippen LogP contribution in [0.2, 0.25) is 0 Å². The predicted molar refractivity (Wildman–Crippen MR) is 95.3 cm³/mol. The highest BCUT2D eigenvalue weighted by atomic mass is 16.4. The average molecular weight is 382 g/mol. The van der Waals surface area contributed by atoms with E-state index >= 15 is 0 Å². The lowest BCUT2D eigenvalue weighted by atomic mass is 9.97. The van der Waals surface area contributed by atoms with Gasteiger partial charge in [-0.1, -0.05) is 20.3 Å². The zero-order valence-corrected chi connectivity index (χ0v) is 15.3. The number of rotatable bonds is 11. The average Bonchev–Trinajstić information content (AvgIpc) is 3.15. The SMILES string of the molecule is CCC(C)C(NC(=O)CNC(=O)CN)C(=O)NC(Cc1cnc[nH]1)C(=O)O. The number of nitrogens with zero attached hydrogens (tertiary/aromatic N) is 1. The minimum absolute atomic E-state index is 0.0226. The fourth-order valence-electron chi connectivity index (χ4n) is 2.26. The Labute approximate surface area is 156 Å². The third-order valence-electron chi connectivity index (χ3n) is 4.04. The number of nitrogens with two attached hydrogens (primary N) is 1. The van der Waals surface area contributed by atoms with Crippen molar-refractivity contribution in [2.45, 2.75) is 38.8 Å². The minimum atomic E-state index is -1.21. The summed E-state index contributed by atoms with van der Waals surface area (Å²) in [4.78, 5) is 53.8. The molecule has 0 bridgehead atoms. The monoisotopic (exact) mass is 382 g/mol. The van der Waals surface area contributed by atoms with Gasteiger partial charge in [-0.15, -0.1) is 0 Å². The number of aliphatic carboxylic acids is 1. The van der Waals surface area contributed by atoms with Crippen molar-refractivity contribution >= 4 is 23.7 Å².